The number of thiazole rings is 1. The number of nitrogens with zero attached hydrogens (tertiary/aromatic N) is 1. The van der Waals surface area contributed by atoms with E-state index in [1.807, 2.05) is 12.1 Å². The minimum Gasteiger partial charge on any atom is -0.481 e. The quantitative estimate of drug-likeness (QED) is 0.853. The minimum absolute atomic E-state index is 0.246. The minimum atomic E-state index is -0.724. The van der Waals surface area contributed by atoms with Crippen molar-refractivity contribution in [2.75, 3.05) is 0 Å². The summed E-state index contributed by atoms with van der Waals surface area (Å²) in [6.07, 6.45) is 2.71. The van der Waals surface area contributed by atoms with Gasteiger partial charge >= 0.3 is 5.97 Å². The first-order valence-electron chi connectivity index (χ1n) is 5.42. The largest absolute Gasteiger partial charge is 0.481 e. The smallest absolute Gasteiger partial charge is 0.303 e. The molecule has 0 fully saturated rings. The topological polar surface area (TPSA) is 50.2 Å². The molecule has 5 heteroatoms. The van der Waals surface area contributed by atoms with E-state index in [1.54, 1.807) is 11.3 Å². The summed E-state index contributed by atoms with van der Waals surface area (Å²) in [5.74, 6) is -0.724. The van der Waals surface area contributed by atoms with Crippen molar-refractivity contribution in [3.05, 3.63) is 27.7 Å². The van der Waals surface area contributed by atoms with Crippen LogP contribution in [0.5, 0.6) is 0 Å². The van der Waals surface area contributed by atoms with E-state index in [0.29, 0.717) is 0 Å². The Morgan fingerprint density at radius 3 is 3.00 bits per heavy atom. The normalized spacial score (nSPS) is 10.9. The second-order valence-electron chi connectivity index (χ2n) is 3.82. The maximum absolute atomic E-state index is 10.4. The fourth-order valence-corrected chi connectivity index (χ4v) is 3.17. The Bertz CT molecular complexity index is 538. The van der Waals surface area contributed by atoms with Crippen LogP contribution in [0, 0.1) is 0 Å². The average molecular weight is 314 g/mol. The molecular weight excluding hydrogens is 302 g/mol. The number of hydrogen-bond donors (Lipinski definition) is 1. The van der Waals surface area contributed by atoms with Gasteiger partial charge in [-0.2, -0.15) is 0 Å². The predicted molar refractivity (Wildman–Crippen MR) is 72.5 cm³/mol. The van der Waals surface area contributed by atoms with Crippen LogP contribution in [0.15, 0.2) is 22.7 Å². The molecule has 17 heavy (non-hydrogen) atoms. The number of carbonyl (C=O) groups is 1. The number of fused-ring (bicyclic) bond motifs is 1. The van der Waals surface area contributed by atoms with Crippen LogP contribution in [0.4, 0.5) is 0 Å². The lowest BCUT2D eigenvalue weighted by Crippen LogP contribution is -1.94. The molecular formula is C12H12BrNO2S. The highest BCUT2D eigenvalue weighted by Crippen LogP contribution is 2.26. The van der Waals surface area contributed by atoms with E-state index in [1.165, 1.54) is 4.70 Å². The van der Waals surface area contributed by atoms with Gasteiger partial charge in [-0.3, -0.25) is 4.79 Å². The van der Waals surface area contributed by atoms with E-state index < -0.39 is 5.97 Å². The van der Waals surface area contributed by atoms with E-state index in [-0.39, 0.29) is 6.42 Å². The molecule has 0 aliphatic heterocycles. The molecule has 2 rings (SSSR count). The summed E-state index contributed by atoms with van der Waals surface area (Å²) in [4.78, 5) is 14.9. The van der Waals surface area contributed by atoms with Gasteiger partial charge in [0.15, 0.2) is 0 Å². The monoisotopic (exact) mass is 313 g/mol. The van der Waals surface area contributed by atoms with Crippen molar-refractivity contribution in [2.45, 2.75) is 25.7 Å². The first kappa shape index (κ1) is 12.5. The van der Waals surface area contributed by atoms with Crippen LogP contribution in [-0.2, 0) is 11.2 Å². The van der Waals surface area contributed by atoms with Crippen molar-refractivity contribution < 1.29 is 9.90 Å². The summed E-state index contributed by atoms with van der Waals surface area (Å²) in [7, 11) is 0. The maximum Gasteiger partial charge on any atom is 0.303 e. The summed E-state index contributed by atoms with van der Waals surface area (Å²) in [5, 5.41) is 9.62. The first-order valence-corrected chi connectivity index (χ1v) is 7.03. The average Bonchev–Trinajstić information content (AvgIpc) is 2.66. The number of aromatic nitrogens is 1. The van der Waals surface area contributed by atoms with E-state index in [9.17, 15) is 4.79 Å². The van der Waals surface area contributed by atoms with Crippen LogP contribution in [-0.4, -0.2) is 16.1 Å². The van der Waals surface area contributed by atoms with Crippen LogP contribution in [0.1, 0.15) is 24.3 Å². The number of benzene rings is 1. The zero-order chi connectivity index (χ0) is 12.3. The zero-order valence-electron chi connectivity index (χ0n) is 9.15. The number of halogens is 1. The van der Waals surface area contributed by atoms with Crippen molar-refractivity contribution >= 4 is 43.5 Å². The summed E-state index contributed by atoms with van der Waals surface area (Å²) < 4.78 is 2.23. The lowest BCUT2D eigenvalue weighted by atomic mass is 10.2. The molecule has 1 aromatic carbocycles. The van der Waals surface area contributed by atoms with Gasteiger partial charge in [-0.05, 0) is 37.5 Å². The molecule has 0 spiro atoms. The van der Waals surface area contributed by atoms with Crippen LogP contribution < -0.4 is 0 Å². The standard InChI is InChI=1S/C12H12BrNO2S/c13-8-5-6-9-10(7-8)17-11(14-9)3-1-2-4-12(15)16/h5-7H,1-4H2,(H,15,16). The van der Waals surface area contributed by atoms with Crippen molar-refractivity contribution in [1.29, 1.82) is 0 Å². The molecule has 1 heterocycles. The fraction of sp³-hybridized carbons (Fsp3) is 0.333. The van der Waals surface area contributed by atoms with Gasteiger partial charge in [0.05, 0.1) is 15.2 Å². The number of rotatable bonds is 5. The number of unbranched alkanes of at least 4 members (excludes halogenated alkanes) is 1. The molecule has 0 aliphatic rings. The first-order chi connectivity index (χ1) is 8.15. The Labute approximate surface area is 112 Å². The lowest BCUT2D eigenvalue weighted by molar-refractivity contribution is -0.137. The van der Waals surface area contributed by atoms with Crippen molar-refractivity contribution in [3.8, 4) is 0 Å². The molecule has 0 radical (unpaired) electrons. The van der Waals surface area contributed by atoms with Crippen LogP contribution >= 0.6 is 27.3 Å². The molecule has 90 valence electrons. The predicted octanol–water partition coefficient (Wildman–Crippen LogP) is 3.86. The highest BCUT2D eigenvalue weighted by Gasteiger charge is 2.04. The number of hydrogen-bond acceptors (Lipinski definition) is 3. The van der Waals surface area contributed by atoms with Gasteiger partial charge in [0.1, 0.15) is 0 Å². The second kappa shape index (κ2) is 5.60. The molecule has 0 unspecified atom stereocenters. The molecule has 0 saturated carbocycles. The summed E-state index contributed by atoms with van der Waals surface area (Å²) in [5.41, 5.74) is 1.02. The van der Waals surface area contributed by atoms with Gasteiger partial charge in [0.2, 0.25) is 0 Å². The zero-order valence-corrected chi connectivity index (χ0v) is 11.6. The van der Waals surface area contributed by atoms with Crippen LogP contribution in [0.2, 0.25) is 0 Å². The Morgan fingerprint density at radius 1 is 1.41 bits per heavy atom. The highest BCUT2D eigenvalue weighted by atomic mass is 79.9. The van der Waals surface area contributed by atoms with Gasteiger partial charge in [-0.1, -0.05) is 15.9 Å². The molecule has 2 aromatic rings. The Hall–Kier alpha value is -0.940. The highest BCUT2D eigenvalue weighted by molar-refractivity contribution is 9.10. The van der Waals surface area contributed by atoms with E-state index >= 15 is 0 Å². The van der Waals surface area contributed by atoms with E-state index in [2.05, 4.69) is 27.0 Å². The van der Waals surface area contributed by atoms with Crippen molar-refractivity contribution in [2.24, 2.45) is 0 Å². The summed E-state index contributed by atoms with van der Waals surface area (Å²) in [6, 6.07) is 6.04. The van der Waals surface area contributed by atoms with E-state index in [4.69, 9.17) is 5.11 Å². The molecule has 0 aliphatic carbocycles. The third-order valence-corrected chi connectivity index (χ3v) is 4.00. The van der Waals surface area contributed by atoms with Gasteiger partial charge < -0.3 is 5.11 Å². The third kappa shape index (κ3) is 3.51. The Morgan fingerprint density at radius 2 is 2.24 bits per heavy atom. The molecule has 0 saturated heterocycles. The van der Waals surface area contributed by atoms with E-state index in [0.717, 1.165) is 34.3 Å². The van der Waals surface area contributed by atoms with Crippen LogP contribution in [0.3, 0.4) is 0 Å². The SMILES string of the molecule is O=C(O)CCCCc1nc2ccc(Br)cc2s1. The lowest BCUT2D eigenvalue weighted by Gasteiger charge is -1.94. The number of carboxylic acid groups (broad SMARTS) is 1. The third-order valence-electron chi connectivity index (χ3n) is 2.43. The Kier molecular flexibility index (Phi) is 4.12. The van der Waals surface area contributed by atoms with Gasteiger partial charge in [-0.15, -0.1) is 11.3 Å². The van der Waals surface area contributed by atoms with Gasteiger partial charge in [0, 0.05) is 10.9 Å². The van der Waals surface area contributed by atoms with Crippen LogP contribution in [0.25, 0.3) is 10.2 Å². The second-order valence-corrected chi connectivity index (χ2v) is 5.85. The molecule has 1 aromatic heterocycles. The Balaban J connectivity index is 1.97. The molecule has 0 bridgehead atoms. The molecule has 0 amide bonds. The van der Waals surface area contributed by atoms with Gasteiger partial charge in [-0.25, -0.2) is 4.98 Å². The molecule has 1 N–H and O–H groups in total. The van der Waals surface area contributed by atoms with Crippen molar-refractivity contribution in [1.82, 2.24) is 4.98 Å². The van der Waals surface area contributed by atoms with Gasteiger partial charge in [0.25, 0.3) is 0 Å². The number of aryl methyl sites for hydroxylation is 1. The maximum atomic E-state index is 10.4. The molecule has 0 atom stereocenters. The number of aliphatic carboxylic acids is 1. The molecule has 3 nitrogen and oxygen atoms in total. The fourth-order valence-electron chi connectivity index (χ4n) is 1.61. The number of carboxylic acids is 1. The van der Waals surface area contributed by atoms with Crippen molar-refractivity contribution in [3.63, 3.8) is 0 Å². The summed E-state index contributed by atoms with van der Waals surface area (Å²) in [6.45, 7) is 0. The summed E-state index contributed by atoms with van der Waals surface area (Å²) >= 11 is 5.12.